The zero-order valence-electron chi connectivity index (χ0n) is 13.3. The van der Waals surface area contributed by atoms with Crippen molar-refractivity contribution in [3.63, 3.8) is 0 Å². The van der Waals surface area contributed by atoms with Crippen LogP contribution in [0.4, 0.5) is 0 Å². The van der Waals surface area contributed by atoms with Crippen LogP contribution in [0, 0.1) is 5.92 Å². The number of hydrogen-bond acceptors (Lipinski definition) is 5. The van der Waals surface area contributed by atoms with Gasteiger partial charge in [-0.25, -0.2) is 0 Å². The van der Waals surface area contributed by atoms with Gasteiger partial charge in [-0.15, -0.1) is 35.3 Å². The summed E-state index contributed by atoms with van der Waals surface area (Å²) >= 11 is 1.87. The first-order valence-corrected chi connectivity index (χ1v) is 9.00. The molecule has 124 valence electrons. The van der Waals surface area contributed by atoms with Gasteiger partial charge in [-0.3, -0.25) is 9.89 Å². The molecule has 0 spiro atoms. The molecule has 3 rings (SSSR count). The van der Waals surface area contributed by atoms with Crippen LogP contribution in [0.5, 0.6) is 0 Å². The van der Waals surface area contributed by atoms with Crippen LogP contribution in [0.1, 0.15) is 37.1 Å². The fourth-order valence-corrected chi connectivity index (χ4v) is 3.94. The Balaban J connectivity index is 0.00000176. The monoisotopic (exact) mass is 434 g/mol. The van der Waals surface area contributed by atoms with Crippen molar-refractivity contribution >= 4 is 41.3 Å². The van der Waals surface area contributed by atoms with Gasteiger partial charge < -0.3 is 10.6 Å². The van der Waals surface area contributed by atoms with Gasteiger partial charge in [-0.2, -0.15) is 0 Å². The van der Waals surface area contributed by atoms with E-state index in [1.807, 2.05) is 11.3 Å². The Kier molecular flexibility index (Phi) is 7.43. The van der Waals surface area contributed by atoms with Crippen LogP contribution in [0.2, 0.25) is 0 Å². The van der Waals surface area contributed by atoms with Crippen LogP contribution in [0.25, 0.3) is 0 Å². The molecule has 0 amide bonds. The number of hydrogen-bond donors (Lipinski definition) is 2. The summed E-state index contributed by atoms with van der Waals surface area (Å²) in [6.45, 7) is 7.73. The lowest BCUT2D eigenvalue weighted by molar-refractivity contribution is 0.140. The second-order valence-electron chi connectivity index (χ2n) is 6.14. The van der Waals surface area contributed by atoms with Crippen molar-refractivity contribution in [2.75, 3.05) is 32.7 Å². The molecule has 1 aromatic rings. The lowest BCUT2D eigenvalue weighted by Gasteiger charge is -2.36. The Morgan fingerprint density at radius 3 is 2.91 bits per heavy atom. The Bertz CT molecular complexity index is 455. The number of nitrogens with one attached hydrogen (secondary N) is 2. The first-order valence-electron chi connectivity index (χ1n) is 8.12. The minimum Gasteiger partial charge on any atom is -0.356 e. The van der Waals surface area contributed by atoms with Crippen LogP contribution in [-0.4, -0.2) is 43.6 Å². The molecule has 0 aliphatic carbocycles. The highest BCUT2D eigenvalue weighted by atomic mass is 127. The maximum atomic E-state index is 4.52. The Labute approximate surface area is 154 Å². The molecule has 1 aromatic heterocycles. The second kappa shape index (κ2) is 9.08. The van der Waals surface area contributed by atoms with Gasteiger partial charge in [0.15, 0.2) is 5.96 Å². The summed E-state index contributed by atoms with van der Waals surface area (Å²) in [5.41, 5.74) is 0. The lowest BCUT2D eigenvalue weighted by atomic mass is 9.97. The molecule has 2 aliphatic heterocycles. The number of guanidine groups is 1. The fraction of sp³-hybridized carbons (Fsp3) is 0.688. The second-order valence-corrected chi connectivity index (χ2v) is 7.12. The number of thiophene rings is 1. The Hall–Kier alpha value is -0.340. The van der Waals surface area contributed by atoms with Crippen molar-refractivity contribution in [2.45, 2.75) is 32.2 Å². The smallest absolute Gasteiger partial charge is 0.191 e. The molecule has 1 fully saturated rings. The van der Waals surface area contributed by atoms with E-state index in [0.29, 0.717) is 6.04 Å². The van der Waals surface area contributed by atoms with Crippen LogP contribution in [0.3, 0.4) is 0 Å². The minimum absolute atomic E-state index is 0. The van der Waals surface area contributed by atoms with E-state index >= 15 is 0 Å². The van der Waals surface area contributed by atoms with Crippen molar-refractivity contribution in [2.24, 2.45) is 10.9 Å². The molecule has 1 atom stereocenters. The minimum atomic E-state index is 0. The quantitative estimate of drug-likeness (QED) is 0.716. The van der Waals surface area contributed by atoms with Crippen LogP contribution in [0.15, 0.2) is 22.5 Å². The molecule has 1 unspecified atom stereocenters. The molecule has 22 heavy (non-hydrogen) atoms. The average Bonchev–Trinajstić information content (AvgIpc) is 3.04. The summed E-state index contributed by atoms with van der Waals surface area (Å²) in [7, 11) is 0. The summed E-state index contributed by atoms with van der Waals surface area (Å²) in [4.78, 5) is 8.63. The molecule has 1 saturated heterocycles. The summed E-state index contributed by atoms with van der Waals surface area (Å²) in [5.74, 6) is 1.86. The SMILES string of the molecule is CC1CCN(C(CNC2=NCCCN2)c2cccs2)CC1.I. The zero-order chi connectivity index (χ0) is 14.5. The van der Waals surface area contributed by atoms with Crippen LogP contribution in [-0.2, 0) is 0 Å². The van der Waals surface area contributed by atoms with Gasteiger partial charge in [-0.05, 0) is 49.7 Å². The van der Waals surface area contributed by atoms with Crippen LogP contribution >= 0.6 is 35.3 Å². The predicted octanol–water partition coefficient (Wildman–Crippen LogP) is 3.08. The van der Waals surface area contributed by atoms with Crippen molar-refractivity contribution in [1.82, 2.24) is 15.5 Å². The summed E-state index contributed by atoms with van der Waals surface area (Å²) in [6.07, 6.45) is 3.78. The van der Waals surface area contributed by atoms with Gasteiger partial charge >= 0.3 is 0 Å². The molecule has 0 saturated carbocycles. The van der Waals surface area contributed by atoms with Crippen LogP contribution < -0.4 is 10.6 Å². The lowest BCUT2D eigenvalue weighted by Crippen LogP contribution is -2.46. The Morgan fingerprint density at radius 1 is 1.45 bits per heavy atom. The van der Waals surface area contributed by atoms with E-state index in [1.54, 1.807) is 0 Å². The van der Waals surface area contributed by atoms with Crippen molar-refractivity contribution in [1.29, 1.82) is 0 Å². The number of piperidine rings is 1. The number of likely N-dealkylation sites (tertiary alicyclic amines) is 1. The zero-order valence-corrected chi connectivity index (χ0v) is 16.4. The number of rotatable bonds is 4. The summed E-state index contributed by atoms with van der Waals surface area (Å²) < 4.78 is 0. The predicted molar refractivity (Wildman–Crippen MR) is 105 cm³/mol. The third-order valence-electron chi connectivity index (χ3n) is 4.49. The van der Waals surface area contributed by atoms with E-state index < -0.39 is 0 Å². The van der Waals surface area contributed by atoms with Crippen molar-refractivity contribution in [3.05, 3.63) is 22.4 Å². The maximum Gasteiger partial charge on any atom is 0.191 e. The molecule has 4 nitrogen and oxygen atoms in total. The molecule has 2 N–H and O–H groups in total. The van der Waals surface area contributed by atoms with E-state index in [9.17, 15) is 0 Å². The third kappa shape index (κ3) is 4.83. The van der Waals surface area contributed by atoms with Gasteiger partial charge in [0.1, 0.15) is 0 Å². The molecule has 0 bridgehead atoms. The third-order valence-corrected chi connectivity index (χ3v) is 5.46. The molecular weight excluding hydrogens is 407 g/mol. The molecule has 6 heteroatoms. The van der Waals surface area contributed by atoms with E-state index in [2.05, 4.69) is 45.0 Å². The van der Waals surface area contributed by atoms with Gasteiger partial charge in [0.25, 0.3) is 0 Å². The van der Waals surface area contributed by atoms with E-state index in [-0.39, 0.29) is 24.0 Å². The van der Waals surface area contributed by atoms with E-state index in [4.69, 9.17) is 0 Å². The van der Waals surface area contributed by atoms with Crippen molar-refractivity contribution < 1.29 is 0 Å². The van der Waals surface area contributed by atoms with E-state index in [0.717, 1.165) is 37.9 Å². The number of nitrogens with zero attached hydrogens (tertiary/aromatic N) is 2. The molecule has 3 heterocycles. The van der Waals surface area contributed by atoms with Gasteiger partial charge in [-0.1, -0.05) is 13.0 Å². The molecule has 2 aliphatic rings. The first-order chi connectivity index (χ1) is 10.3. The largest absolute Gasteiger partial charge is 0.356 e. The van der Waals surface area contributed by atoms with Gasteiger partial charge in [0, 0.05) is 24.5 Å². The summed E-state index contributed by atoms with van der Waals surface area (Å²) in [5, 5.41) is 9.06. The highest BCUT2D eigenvalue weighted by Gasteiger charge is 2.25. The first kappa shape index (κ1) is 18.0. The number of halogens is 1. The molecule has 0 radical (unpaired) electrons. The standard InChI is InChI=1S/C16H26N4S.HI/c1-13-5-9-20(10-6-13)14(15-4-2-11-21-15)12-19-16-17-7-3-8-18-16;/h2,4,11,13-14H,3,5-10,12H2,1H3,(H2,17,18,19);1H. The molecule has 0 aromatic carbocycles. The van der Waals surface area contributed by atoms with Gasteiger partial charge in [0.05, 0.1) is 6.04 Å². The normalized spacial score (nSPS) is 21.4. The maximum absolute atomic E-state index is 4.52. The fourth-order valence-electron chi connectivity index (χ4n) is 3.08. The van der Waals surface area contributed by atoms with Gasteiger partial charge in [0.2, 0.25) is 0 Å². The number of aliphatic imine (C=N–C) groups is 1. The highest BCUT2D eigenvalue weighted by molar-refractivity contribution is 14.0. The summed E-state index contributed by atoms with van der Waals surface area (Å²) in [6, 6.07) is 4.91. The van der Waals surface area contributed by atoms with E-state index in [1.165, 1.54) is 30.8 Å². The topological polar surface area (TPSA) is 39.7 Å². The Morgan fingerprint density at radius 2 is 2.27 bits per heavy atom. The molecular formula is C16H27IN4S. The average molecular weight is 434 g/mol. The van der Waals surface area contributed by atoms with Crippen molar-refractivity contribution in [3.8, 4) is 0 Å². The highest BCUT2D eigenvalue weighted by Crippen LogP contribution is 2.28.